The molecule has 0 bridgehead atoms. The van der Waals surface area contributed by atoms with Gasteiger partial charge >= 0.3 is 12.1 Å². The number of aromatic nitrogens is 2. The number of pyridine rings is 1. The number of piperidine rings is 1. The zero-order valence-electron chi connectivity index (χ0n) is 20.2. The Morgan fingerprint density at radius 3 is 2.24 bits per heavy atom. The Bertz CT molecular complexity index is 1300. The maximum atomic E-state index is 10.6. The fraction of sp³-hybridized carbons (Fsp3) is 0.286. The first-order chi connectivity index (χ1) is 17.8. The highest BCUT2D eigenvalue weighted by Crippen LogP contribution is 2.26. The van der Waals surface area contributed by atoms with Crippen molar-refractivity contribution >= 4 is 11.6 Å². The van der Waals surface area contributed by atoms with Crippen LogP contribution < -0.4 is 4.74 Å². The molecule has 2 aromatic carbocycles. The van der Waals surface area contributed by atoms with Crippen molar-refractivity contribution in [3.05, 3.63) is 79.1 Å². The summed E-state index contributed by atoms with van der Waals surface area (Å²) in [5.41, 5.74) is 5.56. The summed E-state index contributed by atoms with van der Waals surface area (Å²) < 4.78 is 39.8. The van der Waals surface area contributed by atoms with Gasteiger partial charge in [0.15, 0.2) is 0 Å². The number of carboxylic acids is 1. The number of fused-ring (bicyclic) bond motifs is 1. The van der Waals surface area contributed by atoms with Crippen molar-refractivity contribution in [1.29, 1.82) is 0 Å². The van der Waals surface area contributed by atoms with Crippen LogP contribution >= 0.6 is 0 Å². The minimum atomic E-state index is -5.08. The number of imidazole rings is 1. The van der Waals surface area contributed by atoms with E-state index in [-0.39, 0.29) is 0 Å². The predicted octanol–water partition coefficient (Wildman–Crippen LogP) is 6.17. The van der Waals surface area contributed by atoms with Crippen LogP contribution in [0, 0.1) is 0 Å². The van der Waals surface area contributed by atoms with Crippen LogP contribution in [0.15, 0.2) is 79.1 Å². The number of likely N-dealkylation sites (tertiary alicyclic amines) is 1. The molecule has 9 heteroatoms. The number of alkyl halides is 3. The van der Waals surface area contributed by atoms with Gasteiger partial charge in [-0.15, -0.1) is 0 Å². The number of ether oxygens (including phenoxy) is 1. The topological polar surface area (TPSA) is 67.1 Å². The van der Waals surface area contributed by atoms with Crippen molar-refractivity contribution in [1.82, 2.24) is 14.3 Å². The number of benzene rings is 2. The molecule has 194 valence electrons. The Kier molecular flexibility index (Phi) is 8.45. The first-order valence-electron chi connectivity index (χ1n) is 12.1. The van der Waals surface area contributed by atoms with Gasteiger partial charge in [-0.25, -0.2) is 9.78 Å². The summed E-state index contributed by atoms with van der Waals surface area (Å²) in [6.07, 6.45) is 2.97. The van der Waals surface area contributed by atoms with Gasteiger partial charge in [0, 0.05) is 18.3 Å². The smallest absolute Gasteiger partial charge is 0.490 e. The third-order valence-corrected chi connectivity index (χ3v) is 6.14. The lowest BCUT2D eigenvalue weighted by molar-refractivity contribution is -0.192. The molecule has 0 radical (unpaired) electrons. The van der Waals surface area contributed by atoms with E-state index in [0.29, 0.717) is 0 Å². The van der Waals surface area contributed by atoms with Gasteiger partial charge in [-0.2, -0.15) is 13.2 Å². The number of carboxylic acid groups (broad SMARTS) is 1. The third kappa shape index (κ3) is 7.10. The van der Waals surface area contributed by atoms with E-state index in [0.717, 1.165) is 35.8 Å². The van der Waals surface area contributed by atoms with E-state index in [1.54, 1.807) is 0 Å². The van der Waals surface area contributed by atoms with E-state index in [9.17, 15) is 13.2 Å². The van der Waals surface area contributed by atoms with Crippen LogP contribution in [0.5, 0.6) is 5.75 Å². The number of aliphatic carboxylic acids is 1. The minimum absolute atomic E-state index is 0.752. The van der Waals surface area contributed by atoms with Gasteiger partial charge in [0.2, 0.25) is 0 Å². The maximum absolute atomic E-state index is 10.6. The Hall–Kier alpha value is -3.85. The number of rotatable bonds is 6. The fourth-order valence-corrected chi connectivity index (χ4v) is 4.20. The summed E-state index contributed by atoms with van der Waals surface area (Å²) >= 11 is 0. The number of hydrogen-bond donors (Lipinski definition) is 1. The van der Waals surface area contributed by atoms with Crippen molar-refractivity contribution in [2.24, 2.45) is 0 Å². The highest BCUT2D eigenvalue weighted by Gasteiger charge is 2.38. The van der Waals surface area contributed by atoms with E-state index in [1.165, 1.54) is 43.5 Å². The van der Waals surface area contributed by atoms with Gasteiger partial charge in [-0.05, 0) is 61.3 Å². The third-order valence-electron chi connectivity index (χ3n) is 6.14. The number of hydrogen-bond acceptors (Lipinski definition) is 4. The van der Waals surface area contributed by atoms with Crippen molar-refractivity contribution in [3.63, 3.8) is 0 Å². The molecule has 1 aliphatic rings. The first-order valence-corrected chi connectivity index (χ1v) is 12.1. The van der Waals surface area contributed by atoms with Crippen LogP contribution in [-0.4, -0.2) is 57.8 Å². The second-order valence-corrected chi connectivity index (χ2v) is 8.73. The summed E-state index contributed by atoms with van der Waals surface area (Å²) in [6, 6.07) is 23.0. The van der Waals surface area contributed by atoms with Gasteiger partial charge < -0.3 is 9.84 Å². The molecule has 1 saturated heterocycles. The molecule has 0 amide bonds. The van der Waals surface area contributed by atoms with E-state index >= 15 is 0 Å². The van der Waals surface area contributed by atoms with Crippen LogP contribution in [0.2, 0.25) is 0 Å². The Labute approximate surface area is 212 Å². The summed E-state index contributed by atoms with van der Waals surface area (Å²) in [5, 5.41) is 7.12. The van der Waals surface area contributed by atoms with Crippen LogP contribution in [0.1, 0.15) is 19.3 Å². The Morgan fingerprint density at radius 2 is 1.59 bits per heavy atom. The second kappa shape index (κ2) is 11.9. The van der Waals surface area contributed by atoms with E-state index in [1.807, 2.05) is 12.3 Å². The van der Waals surface area contributed by atoms with E-state index in [2.05, 4.69) is 81.1 Å². The molecule has 3 heterocycles. The number of halogens is 3. The van der Waals surface area contributed by atoms with Gasteiger partial charge in [-0.1, -0.05) is 48.9 Å². The average Bonchev–Trinajstić information content (AvgIpc) is 3.33. The molecule has 37 heavy (non-hydrogen) atoms. The SMILES string of the molecule is O=C(O)C(F)(F)F.c1ccc(-c2cnc3cc(-c4ccc(OCCN5CCCCC5)cc4)ccn23)cc1. The molecular weight excluding hydrogens is 483 g/mol. The van der Waals surface area contributed by atoms with Crippen LogP contribution in [0.3, 0.4) is 0 Å². The van der Waals surface area contributed by atoms with Gasteiger partial charge in [-0.3, -0.25) is 9.30 Å². The molecule has 1 fully saturated rings. The molecule has 1 aliphatic heterocycles. The van der Waals surface area contributed by atoms with E-state index < -0.39 is 12.1 Å². The molecule has 0 spiro atoms. The Balaban J connectivity index is 0.000000405. The molecule has 5 rings (SSSR count). The van der Waals surface area contributed by atoms with Crippen molar-refractivity contribution in [2.75, 3.05) is 26.2 Å². The first kappa shape index (κ1) is 26.2. The number of nitrogens with zero attached hydrogens (tertiary/aromatic N) is 3. The van der Waals surface area contributed by atoms with Gasteiger partial charge in [0.25, 0.3) is 0 Å². The number of carbonyl (C=O) groups is 1. The second-order valence-electron chi connectivity index (χ2n) is 8.73. The van der Waals surface area contributed by atoms with Crippen LogP contribution in [-0.2, 0) is 4.79 Å². The van der Waals surface area contributed by atoms with Crippen molar-refractivity contribution in [3.8, 4) is 28.1 Å². The Morgan fingerprint density at radius 1 is 0.919 bits per heavy atom. The molecule has 1 N–H and O–H groups in total. The molecule has 0 aliphatic carbocycles. The lowest BCUT2D eigenvalue weighted by Gasteiger charge is -2.26. The summed E-state index contributed by atoms with van der Waals surface area (Å²) in [4.78, 5) is 16.0. The summed E-state index contributed by atoms with van der Waals surface area (Å²) in [6.45, 7) is 4.19. The van der Waals surface area contributed by atoms with Gasteiger partial charge in [0.05, 0.1) is 11.9 Å². The van der Waals surface area contributed by atoms with E-state index in [4.69, 9.17) is 14.6 Å². The zero-order chi connectivity index (χ0) is 26.3. The summed E-state index contributed by atoms with van der Waals surface area (Å²) in [5.74, 6) is -1.82. The largest absolute Gasteiger partial charge is 0.492 e. The predicted molar refractivity (Wildman–Crippen MR) is 136 cm³/mol. The molecule has 4 aromatic rings. The minimum Gasteiger partial charge on any atom is -0.492 e. The van der Waals surface area contributed by atoms with Crippen molar-refractivity contribution in [2.45, 2.75) is 25.4 Å². The molecule has 0 unspecified atom stereocenters. The molecule has 6 nitrogen and oxygen atoms in total. The lowest BCUT2D eigenvalue weighted by Crippen LogP contribution is -2.33. The monoisotopic (exact) mass is 511 g/mol. The van der Waals surface area contributed by atoms with Gasteiger partial charge in [0.1, 0.15) is 18.0 Å². The summed E-state index contributed by atoms with van der Waals surface area (Å²) in [7, 11) is 0. The molecule has 0 saturated carbocycles. The standard InChI is InChI=1S/C26H27N3O.C2HF3O2/c1-3-7-22(8-4-1)25-20-27-26-19-23(13-16-29(25)26)21-9-11-24(12-10-21)30-18-17-28-14-5-2-6-15-28;3-2(4,5)1(6)7/h1,3-4,7-13,16,19-20H,2,5-6,14-15,17-18H2;(H,6,7). The molecule has 2 aromatic heterocycles. The fourth-order valence-electron chi connectivity index (χ4n) is 4.20. The highest BCUT2D eigenvalue weighted by molar-refractivity contribution is 5.73. The van der Waals surface area contributed by atoms with Crippen LogP contribution in [0.4, 0.5) is 13.2 Å². The lowest BCUT2D eigenvalue weighted by atomic mass is 10.1. The highest BCUT2D eigenvalue weighted by atomic mass is 19.4. The molecular formula is C28H28F3N3O3. The van der Waals surface area contributed by atoms with Crippen molar-refractivity contribution < 1.29 is 27.8 Å². The van der Waals surface area contributed by atoms with Crippen LogP contribution in [0.25, 0.3) is 28.0 Å². The average molecular weight is 512 g/mol. The normalized spacial score (nSPS) is 14.1. The molecule has 0 atom stereocenters. The zero-order valence-corrected chi connectivity index (χ0v) is 20.2. The maximum Gasteiger partial charge on any atom is 0.490 e. The quantitative estimate of drug-likeness (QED) is 0.336.